The molecule has 0 radical (unpaired) electrons. The van der Waals surface area contributed by atoms with Gasteiger partial charge in [-0.1, -0.05) is 31.0 Å². The normalized spacial score (nSPS) is 27.9. The summed E-state index contributed by atoms with van der Waals surface area (Å²) in [6.07, 6.45) is 4.91. The average molecular weight is 259 g/mol. The van der Waals surface area contributed by atoms with Gasteiger partial charge in [-0.2, -0.15) is 0 Å². The van der Waals surface area contributed by atoms with E-state index in [1.54, 1.807) is 0 Å². The van der Waals surface area contributed by atoms with Crippen LogP contribution in [0.15, 0.2) is 30.3 Å². The lowest BCUT2D eigenvalue weighted by molar-refractivity contribution is -0.00721. The second-order valence-corrected chi connectivity index (χ2v) is 5.70. The fraction of sp³-hybridized carbons (Fsp3) is 0.562. The van der Waals surface area contributed by atoms with Crippen molar-refractivity contribution in [2.75, 3.05) is 6.61 Å². The van der Waals surface area contributed by atoms with E-state index in [1.165, 1.54) is 25.7 Å². The predicted octanol–water partition coefficient (Wildman–Crippen LogP) is 3.06. The smallest absolute Gasteiger partial charge is 0.256 e. The highest BCUT2D eigenvalue weighted by molar-refractivity contribution is 5.94. The fourth-order valence-corrected chi connectivity index (χ4v) is 3.30. The lowest BCUT2D eigenvalue weighted by Gasteiger charge is -2.30. The zero-order valence-electron chi connectivity index (χ0n) is 11.4. The van der Waals surface area contributed by atoms with E-state index >= 15 is 0 Å². The van der Waals surface area contributed by atoms with Gasteiger partial charge in [0.05, 0.1) is 12.6 Å². The molecule has 1 saturated carbocycles. The van der Waals surface area contributed by atoms with Crippen LogP contribution in [0.25, 0.3) is 0 Å². The Bertz CT molecular complexity index is 439. The number of carbonyl (C=O) groups is 1. The summed E-state index contributed by atoms with van der Waals surface area (Å²) in [4.78, 5) is 14.6. The summed E-state index contributed by atoms with van der Waals surface area (Å²) in [5.74, 6) is 0.639. The van der Waals surface area contributed by atoms with E-state index in [4.69, 9.17) is 4.74 Å². The predicted molar refractivity (Wildman–Crippen MR) is 73.8 cm³/mol. The Balaban J connectivity index is 1.82. The molecule has 1 aliphatic heterocycles. The molecule has 19 heavy (non-hydrogen) atoms. The molecular weight excluding hydrogens is 238 g/mol. The molecular formula is C16H21NO2. The van der Waals surface area contributed by atoms with Crippen LogP contribution in [0.2, 0.25) is 0 Å². The van der Waals surface area contributed by atoms with Crippen molar-refractivity contribution in [3.8, 4) is 0 Å². The maximum absolute atomic E-state index is 12.7. The zero-order valence-corrected chi connectivity index (χ0v) is 11.4. The van der Waals surface area contributed by atoms with E-state index in [0.29, 0.717) is 12.5 Å². The number of benzene rings is 1. The van der Waals surface area contributed by atoms with E-state index < -0.39 is 0 Å². The summed E-state index contributed by atoms with van der Waals surface area (Å²) in [5.41, 5.74) is 0.767. The summed E-state index contributed by atoms with van der Waals surface area (Å²) in [5, 5.41) is 0. The van der Waals surface area contributed by atoms with E-state index in [2.05, 4.69) is 6.92 Å². The second-order valence-electron chi connectivity index (χ2n) is 5.70. The molecule has 3 nitrogen and oxygen atoms in total. The van der Waals surface area contributed by atoms with Crippen LogP contribution in [0.1, 0.15) is 43.0 Å². The number of amides is 1. The molecule has 0 bridgehead atoms. The monoisotopic (exact) mass is 259 g/mol. The van der Waals surface area contributed by atoms with Crippen molar-refractivity contribution in [2.45, 2.75) is 44.9 Å². The van der Waals surface area contributed by atoms with Gasteiger partial charge in [0.15, 0.2) is 0 Å². The van der Waals surface area contributed by atoms with Gasteiger partial charge in [0, 0.05) is 11.5 Å². The number of hydrogen-bond donors (Lipinski definition) is 0. The molecule has 1 amide bonds. The Morgan fingerprint density at radius 3 is 2.58 bits per heavy atom. The largest absolute Gasteiger partial charge is 0.356 e. The molecule has 102 valence electrons. The molecule has 2 atom stereocenters. The number of ether oxygens (including phenoxy) is 1. The summed E-state index contributed by atoms with van der Waals surface area (Å²) in [6, 6.07) is 9.73. The molecule has 1 aromatic carbocycles. The lowest BCUT2D eigenvalue weighted by atomic mass is 10.0. The highest BCUT2D eigenvalue weighted by atomic mass is 16.5. The van der Waals surface area contributed by atoms with E-state index in [9.17, 15) is 4.79 Å². The van der Waals surface area contributed by atoms with Crippen LogP contribution in [0.3, 0.4) is 0 Å². The molecule has 1 unspecified atom stereocenters. The number of rotatable bonds is 2. The van der Waals surface area contributed by atoms with Crippen molar-refractivity contribution < 1.29 is 9.53 Å². The second kappa shape index (κ2) is 5.33. The minimum Gasteiger partial charge on any atom is -0.356 e. The molecule has 0 aromatic heterocycles. The highest BCUT2D eigenvalue weighted by Crippen LogP contribution is 2.35. The Labute approximate surface area is 114 Å². The molecule has 2 fully saturated rings. The Morgan fingerprint density at radius 1 is 1.21 bits per heavy atom. The minimum atomic E-state index is -0.00907. The van der Waals surface area contributed by atoms with Crippen molar-refractivity contribution in [1.29, 1.82) is 0 Å². The molecule has 2 aliphatic rings. The first-order valence-electron chi connectivity index (χ1n) is 7.26. The lowest BCUT2D eigenvalue weighted by Crippen LogP contribution is -2.43. The van der Waals surface area contributed by atoms with Gasteiger partial charge >= 0.3 is 0 Å². The topological polar surface area (TPSA) is 29.5 Å². The number of carbonyl (C=O) groups excluding carboxylic acids is 1. The van der Waals surface area contributed by atoms with E-state index in [0.717, 1.165) is 5.56 Å². The number of nitrogens with zero attached hydrogens (tertiary/aromatic N) is 1. The van der Waals surface area contributed by atoms with Crippen molar-refractivity contribution in [2.24, 2.45) is 5.92 Å². The highest BCUT2D eigenvalue weighted by Gasteiger charge is 2.41. The van der Waals surface area contributed by atoms with Crippen LogP contribution in [0, 0.1) is 5.92 Å². The van der Waals surface area contributed by atoms with Crippen LogP contribution in [0.4, 0.5) is 0 Å². The van der Waals surface area contributed by atoms with Crippen molar-refractivity contribution >= 4 is 5.91 Å². The van der Waals surface area contributed by atoms with Crippen LogP contribution < -0.4 is 0 Å². The third kappa shape index (κ3) is 2.39. The van der Waals surface area contributed by atoms with E-state index in [-0.39, 0.29) is 18.2 Å². The summed E-state index contributed by atoms with van der Waals surface area (Å²) < 4.78 is 5.91. The van der Waals surface area contributed by atoms with E-state index in [1.807, 2.05) is 35.2 Å². The molecule has 3 rings (SSSR count). The Kier molecular flexibility index (Phi) is 3.56. The molecule has 3 heteroatoms. The van der Waals surface area contributed by atoms with Gasteiger partial charge in [-0.3, -0.25) is 4.79 Å². The summed E-state index contributed by atoms with van der Waals surface area (Å²) in [7, 11) is 0. The van der Waals surface area contributed by atoms with Gasteiger partial charge in [0.1, 0.15) is 6.23 Å². The Morgan fingerprint density at radius 2 is 1.89 bits per heavy atom. The van der Waals surface area contributed by atoms with Crippen LogP contribution in [-0.4, -0.2) is 29.7 Å². The fourth-order valence-electron chi connectivity index (χ4n) is 3.30. The first-order valence-corrected chi connectivity index (χ1v) is 7.26. The first-order chi connectivity index (χ1) is 9.27. The van der Waals surface area contributed by atoms with Crippen molar-refractivity contribution in [3.05, 3.63) is 35.9 Å². The summed E-state index contributed by atoms with van der Waals surface area (Å²) >= 11 is 0. The zero-order chi connectivity index (χ0) is 13.2. The van der Waals surface area contributed by atoms with Crippen molar-refractivity contribution in [1.82, 2.24) is 4.90 Å². The van der Waals surface area contributed by atoms with Gasteiger partial charge in [0.25, 0.3) is 5.91 Å². The van der Waals surface area contributed by atoms with Crippen LogP contribution in [0.5, 0.6) is 0 Å². The van der Waals surface area contributed by atoms with Gasteiger partial charge in [-0.05, 0) is 31.9 Å². The minimum absolute atomic E-state index is 0.00907. The Hall–Kier alpha value is -1.35. The van der Waals surface area contributed by atoms with Crippen LogP contribution >= 0.6 is 0 Å². The SMILES string of the molecule is C[C@@H]1COC(C2CCCC2)N1C(=O)c1ccccc1. The van der Waals surface area contributed by atoms with Gasteiger partial charge in [-0.15, -0.1) is 0 Å². The number of hydrogen-bond acceptors (Lipinski definition) is 2. The molecule has 1 aromatic rings. The maximum atomic E-state index is 12.7. The molecule has 0 spiro atoms. The van der Waals surface area contributed by atoms with Crippen LogP contribution in [-0.2, 0) is 4.74 Å². The van der Waals surface area contributed by atoms with Gasteiger partial charge in [0.2, 0.25) is 0 Å². The first kappa shape index (κ1) is 12.7. The average Bonchev–Trinajstić information content (AvgIpc) is 3.08. The summed E-state index contributed by atoms with van der Waals surface area (Å²) in [6.45, 7) is 2.75. The third-order valence-electron chi connectivity index (χ3n) is 4.32. The standard InChI is InChI=1S/C16H21NO2/c1-12-11-19-16(14-9-5-6-10-14)17(12)15(18)13-7-3-2-4-8-13/h2-4,7-8,12,14,16H,5-6,9-11H2,1H3/t12-,16?/m1/s1. The molecule has 1 saturated heterocycles. The maximum Gasteiger partial charge on any atom is 0.256 e. The quantitative estimate of drug-likeness (QED) is 0.817. The van der Waals surface area contributed by atoms with Crippen molar-refractivity contribution in [3.63, 3.8) is 0 Å². The molecule has 1 heterocycles. The third-order valence-corrected chi connectivity index (χ3v) is 4.32. The molecule has 0 N–H and O–H groups in total. The molecule has 1 aliphatic carbocycles. The van der Waals surface area contributed by atoms with Gasteiger partial charge < -0.3 is 9.64 Å². The van der Waals surface area contributed by atoms with Gasteiger partial charge in [-0.25, -0.2) is 0 Å².